The molecule has 0 aliphatic heterocycles. The van der Waals surface area contributed by atoms with Crippen molar-refractivity contribution >= 4 is 11.9 Å². The fourth-order valence-corrected chi connectivity index (χ4v) is 2.51. The molecule has 0 spiro atoms. The van der Waals surface area contributed by atoms with Crippen molar-refractivity contribution in [2.75, 3.05) is 0 Å². The van der Waals surface area contributed by atoms with Crippen LogP contribution in [-0.2, 0) is 19.1 Å². The molecule has 6 nitrogen and oxygen atoms in total. The molecule has 2 unspecified atom stereocenters. The highest BCUT2D eigenvalue weighted by Gasteiger charge is 2.55. The van der Waals surface area contributed by atoms with Crippen LogP contribution in [0.2, 0.25) is 0 Å². The van der Waals surface area contributed by atoms with E-state index in [0.29, 0.717) is 0 Å². The monoisotopic (exact) mass is 302 g/mol. The Morgan fingerprint density at radius 3 is 1.43 bits per heavy atom. The second-order valence-electron chi connectivity index (χ2n) is 5.61. The third-order valence-electron chi connectivity index (χ3n) is 3.35. The van der Waals surface area contributed by atoms with E-state index in [-0.39, 0.29) is 12.2 Å². The number of ether oxygens (including phenoxy) is 2. The minimum Gasteiger partial charge on any atom is -0.480 e. The molecule has 122 valence electrons. The van der Waals surface area contributed by atoms with Crippen molar-refractivity contribution in [1.29, 1.82) is 0 Å². The fourth-order valence-electron chi connectivity index (χ4n) is 2.51. The van der Waals surface area contributed by atoms with Crippen LogP contribution in [0.5, 0.6) is 0 Å². The van der Waals surface area contributed by atoms with Crippen molar-refractivity contribution in [2.24, 2.45) is 5.41 Å². The first kappa shape index (κ1) is 19.6. The highest BCUT2D eigenvalue weighted by Crippen LogP contribution is 2.39. The third kappa shape index (κ3) is 4.28. The second-order valence-corrected chi connectivity index (χ2v) is 5.61. The third-order valence-corrected chi connectivity index (χ3v) is 3.35. The largest absolute Gasteiger partial charge is 0.480 e. The lowest BCUT2D eigenvalue weighted by atomic mass is 9.71. The molecule has 0 bridgehead atoms. The molecule has 2 atom stereocenters. The summed E-state index contributed by atoms with van der Waals surface area (Å²) in [6.07, 6.45) is -2.34. The summed E-state index contributed by atoms with van der Waals surface area (Å²) >= 11 is 0. The zero-order valence-electron chi connectivity index (χ0n) is 13.5. The Balaban J connectivity index is 5.94. The van der Waals surface area contributed by atoms with Gasteiger partial charge >= 0.3 is 11.9 Å². The van der Waals surface area contributed by atoms with Crippen LogP contribution in [-0.4, -0.2) is 46.6 Å². The van der Waals surface area contributed by atoms with Crippen LogP contribution >= 0.6 is 0 Å². The average Bonchev–Trinajstić information content (AvgIpc) is 2.26. The summed E-state index contributed by atoms with van der Waals surface area (Å²) in [6.45, 7) is 13.5. The van der Waals surface area contributed by atoms with E-state index in [1.807, 2.05) is 0 Å². The molecule has 0 fully saturated rings. The molecule has 0 heterocycles. The maximum Gasteiger partial charge on any atom is 0.332 e. The summed E-state index contributed by atoms with van der Waals surface area (Å²) < 4.78 is 11.1. The number of aliphatic carboxylic acids is 2. The molecular weight excluding hydrogens is 276 g/mol. The van der Waals surface area contributed by atoms with Crippen molar-refractivity contribution in [3.05, 3.63) is 12.2 Å². The Morgan fingerprint density at radius 2 is 1.24 bits per heavy atom. The molecular formula is C15H26O6. The van der Waals surface area contributed by atoms with E-state index in [0.717, 1.165) is 0 Å². The Labute approximate surface area is 125 Å². The van der Waals surface area contributed by atoms with Crippen molar-refractivity contribution < 1.29 is 29.3 Å². The quantitative estimate of drug-likeness (QED) is 0.635. The first-order chi connectivity index (χ1) is 9.47. The Hall–Kier alpha value is -1.40. The van der Waals surface area contributed by atoms with Gasteiger partial charge in [-0.1, -0.05) is 6.58 Å². The average molecular weight is 302 g/mol. The Bertz CT molecular complexity index is 383. The van der Waals surface area contributed by atoms with Gasteiger partial charge in [0.1, 0.15) is 0 Å². The standard InChI is InChI=1S/C15H26O6/c1-8(2)20-11(6)15(14(18)19,10(5)13(16)17)12(7)21-9(3)4/h8-9,11-12H,5H2,1-4,6-7H3,(H,16,17)(H,18,19). The maximum atomic E-state index is 11.9. The minimum absolute atomic E-state index is 0.258. The number of hydrogen-bond donors (Lipinski definition) is 2. The fraction of sp³-hybridized carbons (Fsp3) is 0.733. The van der Waals surface area contributed by atoms with Gasteiger partial charge in [-0.15, -0.1) is 0 Å². The molecule has 0 aliphatic carbocycles. The lowest BCUT2D eigenvalue weighted by Crippen LogP contribution is -2.54. The highest BCUT2D eigenvalue weighted by molar-refractivity contribution is 5.97. The van der Waals surface area contributed by atoms with Crippen LogP contribution in [0.1, 0.15) is 41.5 Å². The topological polar surface area (TPSA) is 93.1 Å². The number of hydrogen-bond acceptors (Lipinski definition) is 4. The number of carboxylic acid groups (broad SMARTS) is 2. The van der Waals surface area contributed by atoms with Crippen molar-refractivity contribution in [1.82, 2.24) is 0 Å². The molecule has 2 N–H and O–H groups in total. The summed E-state index contributed by atoms with van der Waals surface area (Å²) in [7, 11) is 0. The van der Waals surface area contributed by atoms with Gasteiger partial charge in [0.15, 0.2) is 5.41 Å². The van der Waals surface area contributed by atoms with E-state index in [1.165, 1.54) is 13.8 Å². The molecule has 0 aromatic carbocycles. The minimum atomic E-state index is -1.86. The molecule has 0 radical (unpaired) electrons. The molecule has 21 heavy (non-hydrogen) atoms. The van der Waals surface area contributed by atoms with Crippen LogP contribution < -0.4 is 0 Å². The van der Waals surface area contributed by atoms with Crippen molar-refractivity contribution in [3.8, 4) is 0 Å². The molecule has 0 amide bonds. The smallest absolute Gasteiger partial charge is 0.332 e. The second kappa shape index (κ2) is 7.56. The molecule has 0 aromatic heterocycles. The maximum absolute atomic E-state index is 11.9. The van der Waals surface area contributed by atoms with E-state index < -0.39 is 35.1 Å². The van der Waals surface area contributed by atoms with Crippen LogP contribution in [0.3, 0.4) is 0 Å². The lowest BCUT2D eigenvalue weighted by molar-refractivity contribution is -0.179. The van der Waals surface area contributed by atoms with Gasteiger partial charge in [-0.05, 0) is 41.5 Å². The van der Waals surface area contributed by atoms with E-state index >= 15 is 0 Å². The zero-order valence-corrected chi connectivity index (χ0v) is 13.5. The van der Waals surface area contributed by atoms with Gasteiger partial charge in [0.2, 0.25) is 0 Å². The van der Waals surface area contributed by atoms with Crippen LogP contribution in [0.4, 0.5) is 0 Å². The van der Waals surface area contributed by atoms with Gasteiger partial charge in [0.05, 0.1) is 30.0 Å². The molecule has 6 heteroatoms. The van der Waals surface area contributed by atoms with Gasteiger partial charge in [-0.3, -0.25) is 4.79 Å². The summed E-state index contributed by atoms with van der Waals surface area (Å²) in [5, 5.41) is 19.0. The Kier molecular flexibility index (Phi) is 7.06. The zero-order chi connectivity index (χ0) is 17.0. The summed E-state index contributed by atoms with van der Waals surface area (Å²) in [4.78, 5) is 23.3. The van der Waals surface area contributed by atoms with Gasteiger partial charge < -0.3 is 19.7 Å². The molecule has 0 saturated carbocycles. The lowest BCUT2D eigenvalue weighted by Gasteiger charge is -2.41. The number of carbonyl (C=O) groups is 2. The van der Waals surface area contributed by atoms with Gasteiger partial charge in [-0.2, -0.15) is 0 Å². The molecule has 0 aliphatic rings. The van der Waals surface area contributed by atoms with Crippen LogP contribution in [0.15, 0.2) is 12.2 Å². The van der Waals surface area contributed by atoms with Crippen molar-refractivity contribution in [2.45, 2.75) is 66.0 Å². The number of carboxylic acids is 2. The SMILES string of the molecule is C=C(C(=O)O)C(C(=O)O)(C(C)OC(C)C)C(C)OC(C)C. The molecule has 0 saturated heterocycles. The van der Waals surface area contributed by atoms with Gasteiger partial charge in [0.25, 0.3) is 0 Å². The van der Waals surface area contributed by atoms with Gasteiger partial charge in [0, 0.05) is 0 Å². The van der Waals surface area contributed by atoms with Crippen LogP contribution in [0.25, 0.3) is 0 Å². The van der Waals surface area contributed by atoms with Crippen molar-refractivity contribution in [3.63, 3.8) is 0 Å². The van der Waals surface area contributed by atoms with Crippen LogP contribution in [0, 0.1) is 5.41 Å². The first-order valence-electron chi connectivity index (χ1n) is 6.94. The molecule has 0 aromatic rings. The molecule has 0 rings (SSSR count). The highest BCUT2D eigenvalue weighted by atomic mass is 16.5. The predicted molar refractivity (Wildman–Crippen MR) is 78.2 cm³/mol. The van der Waals surface area contributed by atoms with E-state index in [4.69, 9.17) is 9.47 Å². The summed E-state index contributed by atoms with van der Waals surface area (Å²) in [5.41, 5.74) is -2.31. The summed E-state index contributed by atoms with van der Waals surface area (Å²) in [5.74, 6) is -2.70. The number of rotatable bonds is 9. The Morgan fingerprint density at radius 1 is 0.905 bits per heavy atom. The van der Waals surface area contributed by atoms with E-state index in [9.17, 15) is 19.8 Å². The predicted octanol–water partition coefficient (Wildman–Crippen LogP) is 2.33. The normalized spacial score (nSPS) is 17.3. The summed E-state index contributed by atoms with van der Waals surface area (Å²) in [6, 6.07) is 0. The van der Waals surface area contributed by atoms with Gasteiger partial charge in [-0.25, -0.2) is 4.79 Å². The van der Waals surface area contributed by atoms with E-state index in [1.54, 1.807) is 27.7 Å². The first-order valence-corrected chi connectivity index (χ1v) is 6.94. The van der Waals surface area contributed by atoms with E-state index in [2.05, 4.69) is 6.58 Å².